The van der Waals surface area contributed by atoms with Gasteiger partial charge in [0.2, 0.25) is 0 Å². The summed E-state index contributed by atoms with van der Waals surface area (Å²) in [7, 11) is 0. The number of benzene rings is 3. The Balaban J connectivity index is 1.69. The zero-order chi connectivity index (χ0) is 21.9. The number of hydrogen-bond donors (Lipinski definition) is 1. The first-order valence-electron chi connectivity index (χ1n) is 11.1. The molecule has 0 amide bonds. The van der Waals surface area contributed by atoms with Crippen LogP contribution in [0.1, 0.15) is 24.1 Å². The number of rotatable bonds is 3. The molecule has 2 atom stereocenters. The van der Waals surface area contributed by atoms with Gasteiger partial charge in [0.15, 0.2) is 5.72 Å². The topological polar surface area (TPSA) is 59.3 Å². The number of aromatic nitrogens is 1. The highest BCUT2D eigenvalue weighted by molar-refractivity contribution is 5.99. The number of aliphatic hydroxyl groups is 1. The van der Waals surface area contributed by atoms with E-state index in [-0.39, 0.29) is 24.2 Å². The van der Waals surface area contributed by atoms with Gasteiger partial charge < -0.3 is 5.11 Å². The van der Waals surface area contributed by atoms with Crippen LogP contribution in [0.5, 0.6) is 0 Å². The minimum absolute atomic E-state index is 0.0371. The van der Waals surface area contributed by atoms with Crippen molar-refractivity contribution in [2.75, 3.05) is 0 Å². The molecule has 0 bridgehead atoms. The van der Waals surface area contributed by atoms with E-state index >= 15 is 0 Å². The van der Waals surface area contributed by atoms with Crippen molar-refractivity contribution in [3.63, 3.8) is 0 Å². The van der Waals surface area contributed by atoms with Crippen LogP contribution >= 0.6 is 0 Å². The molecule has 0 radical (unpaired) electrons. The summed E-state index contributed by atoms with van der Waals surface area (Å²) in [5, 5.41) is 13.5. The molecule has 0 spiro atoms. The molecule has 4 nitrogen and oxygen atoms in total. The Hall–Kier alpha value is -3.50. The van der Waals surface area contributed by atoms with Crippen LogP contribution in [0.2, 0.25) is 0 Å². The van der Waals surface area contributed by atoms with E-state index in [4.69, 9.17) is 0 Å². The highest BCUT2D eigenvalue weighted by atomic mass is 16.3. The van der Waals surface area contributed by atoms with Gasteiger partial charge in [0.05, 0.1) is 5.41 Å². The van der Waals surface area contributed by atoms with Gasteiger partial charge in [0.1, 0.15) is 5.78 Å². The normalized spacial score (nSPS) is 24.0. The fourth-order valence-corrected chi connectivity index (χ4v) is 5.97. The Kier molecular flexibility index (Phi) is 4.05. The maximum absolute atomic E-state index is 13.7. The van der Waals surface area contributed by atoms with E-state index in [9.17, 15) is 14.7 Å². The summed E-state index contributed by atoms with van der Waals surface area (Å²) in [6.45, 7) is 0. The zero-order valence-electron chi connectivity index (χ0n) is 17.6. The van der Waals surface area contributed by atoms with Crippen LogP contribution in [0.3, 0.4) is 0 Å². The molecule has 6 rings (SSSR count). The van der Waals surface area contributed by atoms with Gasteiger partial charge in [-0.15, -0.1) is 0 Å². The first-order valence-corrected chi connectivity index (χ1v) is 11.1. The van der Waals surface area contributed by atoms with E-state index in [1.54, 1.807) is 4.57 Å². The predicted molar refractivity (Wildman–Crippen MR) is 124 cm³/mol. The third-order valence-electron chi connectivity index (χ3n) is 7.44. The number of carbonyl (C=O) groups excluding carboxylic acids is 1. The van der Waals surface area contributed by atoms with Gasteiger partial charge in [-0.25, -0.2) is 0 Å². The van der Waals surface area contributed by atoms with Crippen LogP contribution in [0.25, 0.3) is 21.9 Å². The van der Waals surface area contributed by atoms with Gasteiger partial charge in [0, 0.05) is 35.9 Å². The molecule has 3 aromatic carbocycles. The molecule has 4 aromatic rings. The quantitative estimate of drug-likeness (QED) is 0.531. The van der Waals surface area contributed by atoms with Crippen molar-refractivity contribution in [2.24, 2.45) is 5.41 Å². The number of hydrogen-bond acceptors (Lipinski definition) is 3. The highest BCUT2D eigenvalue weighted by Gasteiger charge is 2.65. The fraction of sp³-hybridized carbons (Fsp3) is 0.214. The lowest BCUT2D eigenvalue weighted by molar-refractivity contribution is -0.146. The van der Waals surface area contributed by atoms with Gasteiger partial charge in [-0.1, -0.05) is 78.9 Å². The smallest absolute Gasteiger partial charge is 0.261 e. The average molecular weight is 421 g/mol. The van der Waals surface area contributed by atoms with Crippen LogP contribution in [-0.2, 0) is 23.4 Å². The average Bonchev–Trinajstić information content (AvgIpc) is 3.21. The Bertz CT molecular complexity index is 1420. The van der Waals surface area contributed by atoms with E-state index < -0.39 is 11.1 Å². The maximum Gasteiger partial charge on any atom is 0.261 e. The lowest BCUT2D eigenvalue weighted by Crippen LogP contribution is -2.49. The van der Waals surface area contributed by atoms with Crippen LogP contribution in [-0.4, -0.2) is 15.5 Å². The van der Waals surface area contributed by atoms with Gasteiger partial charge in [-0.05, 0) is 29.0 Å². The first-order chi connectivity index (χ1) is 15.6. The minimum atomic E-state index is -1.53. The van der Waals surface area contributed by atoms with Crippen molar-refractivity contribution in [1.82, 2.24) is 4.57 Å². The van der Waals surface area contributed by atoms with Crippen molar-refractivity contribution in [2.45, 2.75) is 31.4 Å². The summed E-state index contributed by atoms with van der Waals surface area (Å²) in [5.41, 5.74) is 0.880. The summed E-state index contributed by atoms with van der Waals surface area (Å²) in [6, 6.07) is 27.3. The number of carbonyl (C=O) groups is 1. The van der Waals surface area contributed by atoms with Crippen LogP contribution in [0.4, 0.5) is 0 Å². The fourth-order valence-electron chi connectivity index (χ4n) is 5.97. The molecule has 1 saturated carbocycles. The molecule has 1 aliphatic carbocycles. The van der Waals surface area contributed by atoms with Gasteiger partial charge >= 0.3 is 0 Å². The summed E-state index contributed by atoms with van der Waals surface area (Å²) in [4.78, 5) is 27.2. The lowest BCUT2D eigenvalue weighted by Gasteiger charge is -2.35. The number of ketones is 1. The Morgan fingerprint density at radius 3 is 2.16 bits per heavy atom. The summed E-state index contributed by atoms with van der Waals surface area (Å²) >= 11 is 0. The van der Waals surface area contributed by atoms with Gasteiger partial charge in [0.25, 0.3) is 5.56 Å². The van der Waals surface area contributed by atoms with Crippen LogP contribution < -0.4 is 5.56 Å². The molecule has 1 aromatic heterocycles. The van der Waals surface area contributed by atoms with Gasteiger partial charge in [-0.3, -0.25) is 14.2 Å². The molecular formula is C28H23NO3. The largest absolute Gasteiger partial charge is 0.369 e. The van der Waals surface area contributed by atoms with Crippen molar-refractivity contribution in [1.29, 1.82) is 0 Å². The molecule has 158 valence electrons. The third-order valence-corrected chi connectivity index (χ3v) is 7.44. The molecule has 32 heavy (non-hydrogen) atoms. The second-order valence-corrected chi connectivity index (χ2v) is 9.03. The first kappa shape index (κ1) is 19.2. The molecule has 1 N–H and O–H groups in total. The van der Waals surface area contributed by atoms with E-state index in [0.717, 1.165) is 27.8 Å². The van der Waals surface area contributed by atoms with Gasteiger partial charge in [-0.2, -0.15) is 0 Å². The summed E-state index contributed by atoms with van der Waals surface area (Å²) in [6.07, 6.45) is 1.30. The molecular weight excluding hydrogens is 398 g/mol. The highest BCUT2D eigenvalue weighted by Crippen LogP contribution is 2.57. The lowest BCUT2D eigenvalue weighted by atomic mass is 9.73. The third kappa shape index (κ3) is 2.41. The zero-order valence-corrected chi connectivity index (χ0v) is 17.6. The van der Waals surface area contributed by atoms with E-state index in [1.807, 2.05) is 84.9 Å². The van der Waals surface area contributed by atoms with E-state index in [2.05, 4.69) is 0 Å². The van der Waals surface area contributed by atoms with Crippen molar-refractivity contribution < 1.29 is 9.90 Å². The molecule has 4 heteroatoms. The Morgan fingerprint density at radius 1 is 0.812 bits per heavy atom. The molecule has 2 unspecified atom stereocenters. The second-order valence-electron chi connectivity index (χ2n) is 9.03. The second kappa shape index (κ2) is 6.75. The molecule has 1 fully saturated rings. The molecule has 1 aliphatic heterocycles. The van der Waals surface area contributed by atoms with Crippen molar-refractivity contribution in [3.05, 3.63) is 107 Å². The summed E-state index contributed by atoms with van der Waals surface area (Å²) < 4.78 is 1.56. The number of fused-ring (bicyclic) bond motifs is 4. The van der Waals surface area contributed by atoms with Crippen LogP contribution in [0.15, 0.2) is 89.7 Å². The van der Waals surface area contributed by atoms with E-state index in [1.165, 1.54) is 0 Å². The molecule has 2 heterocycles. The minimum Gasteiger partial charge on any atom is -0.369 e. The van der Waals surface area contributed by atoms with Crippen LogP contribution in [0, 0.1) is 5.41 Å². The Morgan fingerprint density at radius 2 is 1.44 bits per heavy atom. The molecule has 0 saturated heterocycles. The SMILES string of the molecule is O=C1CCC2(O)n3c(c(-c4ccccc4)c4ccccc4c3=O)CC12Cc1ccccc1. The number of pyridine rings is 1. The monoisotopic (exact) mass is 421 g/mol. The van der Waals surface area contributed by atoms with Crippen molar-refractivity contribution in [3.8, 4) is 11.1 Å². The number of nitrogens with zero attached hydrogens (tertiary/aromatic N) is 1. The van der Waals surface area contributed by atoms with E-state index in [0.29, 0.717) is 18.2 Å². The standard InChI is InChI=1S/C28H23NO3/c30-24-15-16-28(32)27(24,17-19-9-3-1-4-10-19)18-23-25(20-11-5-2-6-12-20)21-13-7-8-14-22(21)26(31)29(23)28/h1-14,32H,15-18H2. The summed E-state index contributed by atoms with van der Waals surface area (Å²) in [5.74, 6) is 0.0371. The predicted octanol–water partition coefficient (Wildman–Crippen LogP) is 4.46. The maximum atomic E-state index is 13.7. The Labute approximate surface area is 185 Å². The molecule has 2 aliphatic rings. The van der Waals surface area contributed by atoms with Crippen molar-refractivity contribution >= 4 is 16.6 Å². The number of Topliss-reactive ketones (excluding diaryl/α,β-unsaturated/α-hetero) is 1.